The third-order valence-electron chi connectivity index (χ3n) is 1.90. The second-order valence-electron chi connectivity index (χ2n) is 2.65. The number of aromatic nitrogens is 1. The highest BCUT2D eigenvalue weighted by Gasteiger charge is 2.36. The summed E-state index contributed by atoms with van der Waals surface area (Å²) in [6.45, 7) is 0. The van der Waals surface area contributed by atoms with Gasteiger partial charge in [0.15, 0.2) is 0 Å². The average Bonchev–Trinajstić information content (AvgIpc) is 2.23. The van der Waals surface area contributed by atoms with Gasteiger partial charge in [0, 0.05) is 27.5 Å². The molecule has 0 unspecified atom stereocenters. The summed E-state index contributed by atoms with van der Waals surface area (Å²) in [5.74, 6) is -1.40. The summed E-state index contributed by atoms with van der Waals surface area (Å²) < 4.78 is 15.3. The van der Waals surface area contributed by atoms with Crippen molar-refractivity contribution in [1.29, 1.82) is 0 Å². The number of pyridine rings is 1. The van der Waals surface area contributed by atoms with Gasteiger partial charge in [0.1, 0.15) is 5.69 Å². The lowest BCUT2D eigenvalue weighted by Crippen LogP contribution is -2.34. The van der Waals surface area contributed by atoms with E-state index < -0.39 is 5.97 Å². The van der Waals surface area contributed by atoms with Gasteiger partial charge >= 0.3 is 5.97 Å². The van der Waals surface area contributed by atoms with Crippen LogP contribution in [0.2, 0.25) is 10.0 Å². The Hall–Kier alpha value is -0.390. The predicted molar refractivity (Wildman–Crippen MR) is 57.0 cm³/mol. The van der Waals surface area contributed by atoms with E-state index in [-0.39, 0.29) is 0 Å². The van der Waals surface area contributed by atoms with E-state index in [4.69, 9.17) is 37.4 Å². The Morgan fingerprint density at radius 1 is 1.13 bits per heavy atom. The molecule has 0 spiro atoms. The standard InChI is InChI=1S/C9H11Cl2NO3/c1-13-9(14-2,15-3)8-7(11)4-6(10)5-12-8/h4-5H,1-3H3. The Kier molecular flexibility index (Phi) is 4.31. The smallest absolute Gasteiger partial charge is 0.326 e. The Morgan fingerprint density at radius 2 is 1.67 bits per heavy atom. The summed E-state index contributed by atoms with van der Waals surface area (Å²) in [5, 5.41) is 0.744. The van der Waals surface area contributed by atoms with Crippen LogP contribution >= 0.6 is 23.2 Å². The van der Waals surface area contributed by atoms with Gasteiger partial charge in [-0.1, -0.05) is 23.2 Å². The molecule has 0 aliphatic carbocycles. The van der Waals surface area contributed by atoms with Crippen LogP contribution in [0.4, 0.5) is 0 Å². The Labute approximate surface area is 98.1 Å². The van der Waals surface area contributed by atoms with E-state index in [9.17, 15) is 0 Å². The SMILES string of the molecule is COC(OC)(OC)c1ncc(Cl)cc1Cl. The van der Waals surface area contributed by atoms with E-state index in [1.807, 2.05) is 0 Å². The molecule has 0 bridgehead atoms. The van der Waals surface area contributed by atoms with Crippen LogP contribution in [0.15, 0.2) is 12.3 Å². The lowest BCUT2D eigenvalue weighted by molar-refractivity contribution is -0.366. The van der Waals surface area contributed by atoms with Gasteiger partial charge < -0.3 is 14.2 Å². The molecular formula is C9H11Cl2NO3. The Balaban J connectivity index is 3.22. The number of hydrogen-bond donors (Lipinski definition) is 0. The van der Waals surface area contributed by atoms with Gasteiger partial charge in [0.2, 0.25) is 0 Å². The molecule has 1 aromatic heterocycles. The first-order valence-electron chi connectivity index (χ1n) is 4.06. The maximum Gasteiger partial charge on any atom is 0.330 e. The highest BCUT2D eigenvalue weighted by molar-refractivity contribution is 6.34. The van der Waals surface area contributed by atoms with Crippen molar-refractivity contribution in [2.24, 2.45) is 0 Å². The van der Waals surface area contributed by atoms with Crippen molar-refractivity contribution >= 4 is 23.2 Å². The fourth-order valence-electron chi connectivity index (χ4n) is 1.18. The number of halogens is 2. The van der Waals surface area contributed by atoms with Crippen LogP contribution in [0.1, 0.15) is 5.69 Å². The molecule has 84 valence electrons. The first-order chi connectivity index (χ1) is 7.09. The summed E-state index contributed by atoms with van der Waals surface area (Å²) >= 11 is 11.7. The van der Waals surface area contributed by atoms with Crippen molar-refractivity contribution in [2.75, 3.05) is 21.3 Å². The molecule has 4 nitrogen and oxygen atoms in total. The molecule has 15 heavy (non-hydrogen) atoms. The molecule has 0 aliphatic rings. The molecule has 0 aliphatic heterocycles. The van der Waals surface area contributed by atoms with Gasteiger partial charge in [0.05, 0.1) is 10.0 Å². The molecule has 0 aromatic carbocycles. The highest BCUT2D eigenvalue weighted by Crippen LogP contribution is 2.31. The fourth-order valence-corrected chi connectivity index (χ4v) is 1.68. The van der Waals surface area contributed by atoms with Crippen molar-refractivity contribution in [2.45, 2.75) is 5.97 Å². The minimum absolute atomic E-state index is 0.313. The fraction of sp³-hybridized carbons (Fsp3) is 0.444. The predicted octanol–water partition coefficient (Wildman–Crippen LogP) is 2.44. The number of nitrogens with zero attached hydrogens (tertiary/aromatic N) is 1. The second-order valence-corrected chi connectivity index (χ2v) is 3.50. The first-order valence-corrected chi connectivity index (χ1v) is 4.82. The zero-order chi connectivity index (χ0) is 11.5. The van der Waals surface area contributed by atoms with Gasteiger partial charge in [-0.05, 0) is 6.07 Å². The van der Waals surface area contributed by atoms with Crippen molar-refractivity contribution in [3.8, 4) is 0 Å². The van der Waals surface area contributed by atoms with Crippen molar-refractivity contribution in [1.82, 2.24) is 4.98 Å². The van der Waals surface area contributed by atoms with Crippen LogP contribution in [0.3, 0.4) is 0 Å². The minimum Gasteiger partial charge on any atom is -0.326 e. The number of hydrogen-bond acceptors (Lipinski definition) is 4. The summed E-state index contributed by atoms with van der Waals surface area (Å²) in [5.41, 5.74) is 0.320. The third-order valence-corrected chi connectivity index (χ3v) is 2.40. The number of rotatable bonds is 4. The molecule has 1 aromatic rings. The van der Waals surface area contributed by atoms with Crippen LogP contribution in [-0.2, 0) is 20.2 Å². The minimum atomic E-state index is -1.40. The molecule has 0 saturated carbocycles. The van der Waals surface area contributed by atoms with Gasteiger partial charge in [-0.2, -0.15) is 0 Å². The molecule has 0 saturated heterocycles. The average molecular weight is 252 g/mol. The molecular weight excluding hydrogens is 241 g/mol. The molecule has 0 N–H and O–H groups in total. The van der Waals surface area contributed by atoms with Crippen LogP contribution in [0.25, 0.3) is 0 Å². The van der Waals surface area contributed by atoms with Gasteiger partial charge in [-0.25, -0.2) is 4.98 Å². The van der Waals surface area contributed by atoms with E-state index in [0.717, 1.165) is 0 Å². The van der Waals surface area contributed by atoms with Crippen LogP contribution in [-0.4, -0.2) is 26.3 Å². The van der Waals surface area contributed by atoms with E-state index in [1.54, 1.807) is 0 Å². The number of ether oxygens (including phenoxy) is 3. The van der Waals surface area contributed by atoms with Crippen molar-refractivity contribution in [3.63, 3.8) is 0 Å². The van der Waals surface area contributed by atoms with Crippen LogP contribution < -0.4 is 0 Å². The third kappa shape index (κ3) is 2.41. The molecule has 0 atom stereocenters. The Bertz CT molecular complexity index is 334. The Morgan fingerprint density at radius 3 is 2.07 bits per heavy atom. The van der Waals surface area contributed by atoms with E-state index >= 15 is 0 Å². The first kappa shape index (κ1) is 12.7. The van der Waals surface area contributed by atoms with Gasteiger partial charge in [-0.15, -0.1) is 0 Å². The number of methoxy groups -OCH3 is 3. The molecule has 1 heterocycles. The highest BCUT2D eigenvalue weighted by atomic mass is 35.5. The van der Waals surface area contributed by atoms with Gasteiger partial charge in [0.25, 0.3) is 0 Å². The normalized spacial score (nSPS) is 11.8. The lowest BCUT2D eigenvalue weighted by atomic mass is 10.3. The molecule has 0 fully saturated rings. The topological polar surface area (TPSA) is 40.6 Å². The van der Waals surface area contributed by atoms with E-state index in [0.29, 0.717) is 15.7 Å². The summed E-state index contributed by atoms with van der Waals surface area (Å²) in [7, 11) is 4.29. The zero-order valence-corrected chi connectivity index (χ0v) is 10.1. The van der Waals surface area contributed by atoms with Crippen molar-refractivity contribution in [3.05, 3.63) is 28.0 Å². The maximum atomic E-state index is 5.96. The monoisotopic (exact) mass is 251 g/mol. The summed E-state index contributed by atoms with van der Waals surface area (Å²) in [6.07, 6.45) is 1.44. The second kappa shape index (κ2) is 5.09. The van der Waals surface area contributed by atoms with Crippen molar-refractivity contribution < 1.29 is 14.2 Å². The maximum absolute atomic E-state index is 5.96. The van der Waals surface area contributed by atoms with Crippen LogP contribution in [0, 0.1) is 0 Å². The zero-order valence-electron chi connectivity index (χ0n) is 8.58. The van der Waals surface area contributed by atoms with Crippen LogP contribution in [0.5, 0.6) is 0 Å². The molecule has 6 heteroatoms. The van der Waals surface area contributed by atoms with E-state index in [2.05, 4.69) is 4.98 Å². The quantitative estimate of drug-likeness (QED) is 0.771. The molecule has 1 rings (SSSR count). The largest absolute Gasteiger partial charge is 0.330 e. The summed E-state index contributed by atoms with van der Waals surface area (Å²) in [6, 6.07) is 1.54. The molecule has 0 radical (unpaired) electrons. The lowest BCUT2D eigenvalue weighted by Gasteiger charge is -2.28. The van der Waals surface area contributed by atoms with E-state index in [1.165, 1.54) is 33.6 Å². The van der Waals surface area contributed by atoms with Gasteiger partial charge in [-0.3, -0.25) is 0 Å². The molecule has 0 amide bonds. The summed E-state index contributed by atoms with van der Waals surface area (Å²) in [4.78, 5) is 4.02.